The molecule has 4 heavy (non-hydrogen) atoms. The molecule has 0 aromatic rings. The molecular weight excluding hydrogens is 67.0 g/mol. The van der Waals surface area contributed by atoms with Gasteiger partial charge in [-0.2, -0.15) is 0 Å². The Bertz CT molecular complexity index is 29.5. The van der Waals surface area contributed by atoms with E-state index in [2.05, 4.69) is 0 Å². The van der Waals surface area contributed by atoms with Crippen LogP contribution in [0.3, 0.4) is 0 Å². The van der Waals surface area contributed by atoms with Gasteiger partial charge in [-0.15, -0.1) is 0 Å². The number of hydrogen-bond donors (Lipinski definition) is 0. The Labute approximate surface area is 46.3 Å². The molecule has 0 saturated heterocycles. The van der Waals surface area contributed by atoms with Crippen LogP contribution in [0.15, 0.2) is 0 Å². The summed E-state index contributed by atoms with van der Waals surface area (Å²) in [5, 5.41) is 15.0. The molecule has 0 atom stereocenters. The first-order valence-corrected chi connectivity index (χ1v) is 0.428. The van der Waals surface area contributed by atoms with Gasteiger partial charge in [0.25, 0.3) is 0 Å². The summed E-state index contributed by atoms with van der Waals surface area (Å²) in [4.78, 5) is 0. The van der Waals surface area contributed by atoms with Gasteiger partial charge in [-0.25, -0.2) is 5.26 Å². The zero-order valence-corrected chi connectivity index (χ0v) is 4.36. The van der Waals surface area contributed by atoms with E-state index in [0.29, 0.717) is 6.26 Å². The molecular formula is CNNaO. The van der Waals surface area contributed by atoms with Crippen molar-refractivity contribution in [3.8, 4) is 6.26 Å². The summed E-state index contributed by atoms with van der Waals surface area (Å²) in [7, 11) is 0. The summed E-state index contributed by atoms with van der Waals surface area (Å²) in [5.74, 6) is 0. The molecule has 0 aliphatic carbocycles. The molecule has 0 fully saturated rings. The fourth-order valence-electron chi connectivity index (χ4n) is 0. The molecule has 0 aromatic heterocycles. The average Bonchev–Trinajstić information content (AvgIpc) is 0.918. The maximum atomic E-state index is 8.24. The topological polar surface area (TPSA) is 46.8 Å². The fraction of sp³-hybridized carbons (Fsp3) is 0. The second-order valence-electron chi connectivity index (χ2n) is 0.0913. The predicted octanol–water partition coefficient (Wildman–Crippen LogP) is -4.17. The van der Waals surface area contributed by atoms with Crippen LogP contribution in [0.2, 0.25) is 0 Å². The van der Waals surface area contributed by atoms with E-state index in [1.807, 2.05) is 0 Å². The van der Waals surface area contributed by atoms with Crippen LogP contribution in [0.4, 0.5) is 0 Å². The average molecular weight is 67.0 g/mol. The minimum Gasteiger partial charge on any atom is -0.812 e. The summed E-state index contributed by atoms with van der Waals surface area (Å²) < 4.78 is 0. The van der Waals surface area contributed by atoms with Gasteiger partial charge in [0.05, 0.1) is 0 Å². The van der Waals surface area contributed by atoms with Gasteiger partial charge in [0.2, 0.25) is 0 Å². The summed E-state index contributed by atoms with van der Waals surface area (Å²) >= 11 is 0. The van der Waals surface area contributed by atoms with Gasteiger partial charge in [0, 0.05) is 6.26 Å². The quantitative estimate of drug-likeness (QED) is 0.213. The first-order valence-electron chi connectivity index (χ1n) is 0.428. The van der Waals surface area contributed by atoms with Crippen LogP contribution in [-0.2, 0) is 0 Å². The third kappa shape index (κ3) is 45.3. The molecule has 0 bridgehead atoms. The van der Waals surface area contributed by atoms with E-state index in [4.69, 9.17) is 10.4 Å². The normalized spacial score (nSPS) is 1.75. The van der Waals surface area contributed by atoms with E-state index in [1.54, 1.807) is 0 Å². The molecule has 0 radical (unpaired) electrons. The summed E-state index contributed by atoms with van der Waals surface area (Å²) in [5.41, 5.74) is 0. The second-order valence-corrected chi connectivity index (χ2v) is 0.0913. The molecule has 0 spiro atoms. The van der Waals surface area contributed by atoms with Crippen LogP contribution in [0.1, 0.15) is 0 Å². The minimum absolute atomic E-state index is 0. The van der Waals surface area contributed by atoms with E-state index in [9.17, 15) is 0 Å². The molecule has 0 aromatic carbocycles. The first kappa shape index (κ1) is 8.85. The Morgan fingerprint density at radius 1 is 1.75 bits per heavy atom. The first-order chi connectivity index (χ1) is 1.41. The van der Waals surface area contributed by atoms with Crippen LogP contribution >= 0.6 is 0 Å². The SMILES string of the molecule is N#[14C][O-].[Na+]. The Kier molecular flexibility index (Phi) is 23.0. The van der Waals surface area contributed by atoms with Crippen LogP contribution in [0.25, 0.3) is 0 Å². The Morgan fingerprint density at radius 2 is 1.75 bits per heavy atom. The third-order valence-electron chi connectivity index (χ3n) is 0. The molecule has 0 aliphatic heterocycles. The van der Waals surface area contributed by atoms with Crippen molar-refractivity contribution in [2.45, 2.75) is 0 Å². The number of nitrogens with zero attached hydrogens (tertiary/aromatic N) is 1. The van der Waals surface area contributed by atoms with E-state index < -0.39 is 0 Å². The molecule has 0 rings (SSSR count). The van der Waals surface area contributed by atoms with E-state index in [1.165, 1.54) is 0 Å². The van der Waals surface area contributed by atoms with Gasteiger partial charge in [0.15, 0.2) is 0 Å². The van der Waals surface area contributed by atoms with Gasteiger partial charge in [0.1, 0.15) is 0 Å². The van der Waals surface area contributed by atoms with E-state index in [-0.39, 0.29) is 29.6 Å². The Morgan fingerprint density at radius 3 is 1.75 bits per heavy atom. The van der Waals surface area contributed by atoms with Gasteiger partial charge in [-0.1, -0.05) is 0 Å². The van der Waals surface area contributed by atoms with Crippen molar-refractivity contribution in [1.29, 1.82) is 5.26 Å². The van der Waals surface area contributed by atoms with Gasteiger partial charge in [-0.3, -0.25) is 0 Å². The molecule has 0 aliphatic rings. The van der Waals surface area contributed by atoms with Crippen LogP contribution in [0, 0.1) is 11.5 Å². The van der Waals surface area contributed by atoms with Crippen molar-refractivity contribution >= 4 is 0 Å². The predicted molar refractivity (Wildman–Crippen MR) is 5.61 cm³/mol. The molecule has 0 heterocycles. The van der Waals surface area contributed by atoms with Crippen molar-refractivity contribution in [1.82, 2.24) is 0 Å². The van der Waals surface area contributed by atoms with Crippen molar-refractivity contribution in [2.75, 3.05) is 0 Å². The molecule has 0 amide bonds. The molecule has 16 valence electrons. The second kappa shape index (κ2) is 10.4. The number of nitriles is 1. The maximum absolute atomic E-state index is 8.24. The van der Waals surface area contributed by atoms with Crippen LogP contribution in [0.5, 0.6) is 0 Å². The van der Waals surface area contributed by atoms with Crippen molar-refractivity contribution < 1.29 is 34.7 Å². The van der Waals surface area contributed by atoms with Crippen LogP contribution < -0.4 is 34.7 Å². The number of rotatable bonds is 0. The third-order valence-corrected chi connectivity index (χ3v) is 0. The fourth-order valence-corrected chi connectivity index (χ4v) is 0. The van der Waals surface area contributed by atoms with Gasteiger partial charge < -0.3 is 5.11 Å². The zero-order valence-electron chi connectivity index (χ0n) is 2.36. The molecule has 2 nitrogen and oxygen atoms in total. The Hall–Kier alpha value is 0.290. The van der Waals surface area contributed by atoms with Gasteiger partial charge >= 0.3 is 29.6 Å². The molecule has 0 N–H and O–H groups in total. The summed E-state index contributed by atoms with van der Waals surface area (Å²) in [6, 6.07) is 0. The van der Waals surface area contributed by atoms with Gasteiger partial charge in [-0.05, 0) is 0 Å². The standard InChI is InChI=1S/CHNO.Na/c2-1-3;/h3H;/q;+1/p-1/i1+2;. The molecule has 3 heteroatoms. The molecule has 0 unspecified atom stereocenters. The summed E-state index contributed by atoms with van der Waals surface area (Å²) in [6.07, 6.45) is 0.500. The Balaban J connectivity index is 0. The van der Waals surface area contributed by atoms with Crippen LogP contribution in [-0.4, -0.2) is 0 Å². The van der Waals surface area contributed by atoms with E-state index in [0.717, 1.165) is 0 Å². The van der Waals surface area contributed by atoms with Crippen molar-refractivity contribution in [3.05, 3.63) is 0 Å². The molecule has 0 saturated carbocycles. The summed E-state index contributed by atoms with van der Waals surface area (Å²) in [6.45, 7) is 0. The smallest absolute Gasteiger partial charge is 0.812 e. The monoisotopic (exact) mass is 67.0 g/mol. The zero-order chi connectivity index (χ0) is 2.71. The van der Waals surface area contributed by atoms with E-state index >= 15 is 0 Å². The number of hydrogen-bond acceptors (Lipinski definition) is 2. The van der Waals surface area contributed by atoms with Crippen molar-refractivity contribution in [3.63, 3.8) is 0 Å². The maximum Gasteiger partial charge on any atom is 1.00 e. The largest absolute Gasteiger partial charge is 1.00 e. The minimum atomic E-state index is 0. The van der Waals surface area contributed by atoms with Crippen molar-refractivity contribution in [2.24, 2.45) is 0 Å².